The summed E-state index contributed by atoms with van der Waals surface area (Å²) in [5.74, 6) is 0.442. The van der Waals surface area contributed by atoms with Gasteiger partial charge in [0.25, 0.3) is 0 Å². The van der Waals surface area contributed by atoms with Crippen LogP contribution in [-0.4, -0.2) is 19.1 Å². The van der Waals surface area contributed by atoms with Crippen molar-refractivity contribution in [1.82, 2.24) is 0 Å². The summed E-state index contributed by atoms with van der Waals surface area (Å²) in [5, 5.41) is 3.40. The normalized spacial score (nSPS) is 10.3. The summed E-state index contributed by atoms with van der Waals surface area (Å²) >= 11 is 0. The number of hydrogen-bond acceptors (Lipinski definition) is 3. The summed E-state index contributed by atoms with van der Waals surface area (Å²) in [6.07, 6.45) is 7.94. The maximum atomic E-state index is 10.7. The van der Waals surface area contributed by atoms with Gasteiger partial charge >= 0.3 is 0 Å². The molecule has 0 saturated carbocycles. The van der Waals surface area contributed by atoms with E-state index in [0.29, 0.717) is 6.61 Å². The fourth-order valence-corrected chi connectivity index (χ4v) is 2.13. The summed E-state index contributed by atoms with van der Waals surface area (Å²) in [4.78, 5) is 10.7. The molecule has 1 aromatic carbocycles. The number of benzene rings is 1. The zero-order valence-corrected chi connectivity index (χ0v) is 13.1. The van der Waals surface area contributed by atoms with Gasteiger partial charge in [0.1, 0.15) is 5.75 Å². The van der Waals surface area contributed by atoms with Crippen LogP contribution in [0.3, 0.4) is 0 Å². The van der Waals surface area contributed by atoms with Crippen LogP contribution in [0.4, 0.5) is 5.69 Å². The van der Waals surface area contributed by atoms with Crippen molar-refractivity contribution in [2.45, 2.75) is 51.9 Å². The average molecular weight is 292 g/mol. The molecule has 0 heterocycles. The first-order chi connectivity index (χ1) is 10.2. The zero-order valence-electron chi connectivity index (χ0n) is 13.1. The molecule has 0 bridgehead atoms. The van der Waals surface area contributed by atoms with Crippen molar-refractivity contribution in [2.75, 3.05) is 18.5 Å². The Kier molecular flexibility index (Phi) is 9.09. The number of nitrogens with one attached hydrogen (secondary N) is 1. The topological polar surface area (TPSA) is 64.3 Å². The van der Waals surface area contributed by atoms with E-state index in [-0.39, 0.29) is 12.3 Å². The van der Waals surface area contributed by atoms with Crippen molar-refractivity contribution in [3.8, 4) is 5.75 Å². The van der Waals surface area contributed by atoms with Crippen LogP contribution in [0.2, 0.25) is 0 Å². The minimum absolute atomic E-state index is 0.242. The molecule has 0 atom stereocenters. The van der Waals surface area contributed by atoms with Gasteiger partial charge in [0.15, 0.2) is 0 Å². The molecule has 0 aromatic heterocycles. The molecule has 0 aliphatic rings. The number of nitrogens with two attached hydrogens (primary N) is 1. The molecule has 0 unspecified atom stereocenters. The summed E-state index contributed by atoms with van der Waals surface area (Å²) in [6.45, 7) is 3.50. The maximum absolute atomic E-state index is 10.7. The lowest BCUT2D eigenvalue weighted by Gasteiger charge is -2.12. The Balaban J connectivity index is 2.25. The van der Waals surface area contributed by atoms with Crippen molar-refractivity contribution in [3.05, 3.63) is 24.3 Å². The molecule has 0 saturated heterocycles. The van der Waals surface area contributed by atoms with E-state index in [1.54, 1.807) is 0 Å². The Labute approximate surface area is 128 Å². The first kappa shape index (κ1) is 17.3. The molecule has 1 amide bonds. The largest absolute Gasteiger partial charge is 0.491 e. The third-order valence-electron chi connectivity index (χ3n) is 3.34. The summed E-state index contributed by atoms with van der Waals surface area (Å²) in [6, 6.07) is 7.81. The van der Waals surface area contributed by atoms with Crippen molar-refractivity contribution in [3.63, 3.8) is 0 Å². The lowest BCUT2D eigenvalue weighted by Crippen LogP contribution is -2.15. The Morgan fingerprint density at radius 1 is 1.14 bits per heavy atom. The van der Waals surface area contributed by atoms with E-state index in [9.17, 15) is 4.79 Å². The van der Waals surface area contributed by atoms with E-state index in [4.69, 9.17) is 10.5 Å². The minimum Gasteiger partial charge on any atom is -0.491 e. The van der Waals surface area contributed by atoms with Gasteiger partial charge in [0.2, 0.25) is 5.91 Å². The maximum Gasteiger partial charge on any atom is 0.220 e. The standard InChI is InChI=1S/C17H28N2O2/c1-2-3-4-5-6-9-13-19-15-10-7-8-11-16(15)21-14-12-17(18)20/h7-8,10-11,19H,2-6,9,12-14H2,1H3,(H2,18,20). The Morgan fingerprint density at radius 3 is 2.62 bits per heavy atom. The number of hydrogen-bond donors (Lipinski definition) is 2. The molecule has 0 fully saturated rings. The number of amides is 1. The van der Waals surface area contributed by atoms with Crippen molar-refractivity contribution < 1.29 is 9.53 Å². The lowest BCUT2D eigenvalue weighted by molar-refractivity contribution is -0.118. The first-order valence-corrected chi connectivity index (χ1v) is 7.98. The van der Waals surface area contributed by atoms with E-state index < -0.39 is 0 Å². The van der Waals surface area contributed by atoms with Crippen LogP contribution < -0.4 is 15.8 Å². The van der Waals surface area contributed by atoms with Gasteiger partial charge < -0.3 is 15.8 Å². The molecule has 4 heteroatoms. The Bertz CT molecular complexity index is 408. The number of primary amides is 1. The molecule has 0 spiro atoms. The number of anilines is 1. The molecule has 1 aromatic rings. The molecule has 4 nitrogen and oxygen atoms in total. The monoisotopic (exact) mass is 292 g/mol. The second-order valence-corrected chi connectivity index (χ2v) is 5.26. The second-order valence-electron chi connectivity index (χ2n) is 5.26. The van der Waals surface area contributed by atoms with E-state index in [0.717, 1.165) is 18.0 Å². The zero-order chi connectivity index (χ0) is 15.3. The van der Waals surface area contributed by atoms with Gasteiger partial charge in [-0.15, -0.1) is 0 Å². The van der Waals surface area contributed by atoms with Gasteiger partial charge in [-0.3, -0.25) is 4.79 Å². The van der Waals surface area contributed by atoms with Gasteiger partial charge in [-0.1, -0.05) is 51.2 Å². The fourth-order valence-electron chi connectivity index (χ4n) is 2.13. The highest BCUT2D eigenvalue weighted by molar-refractivity contribution is 5.73. The van der Waals surface area contributed by atoms with E-state index in [1.807, 2.05) is 24.3 Å². The number of para-hydroxylation sites is 2. The minimum atomic E-state index is -0.340. The molecular formula is C17H28N2O2. The summed E-state index contributed by atoms with van der Waals surface area (Å²) in [7, 11) is 0. The Hall–Kier alpha value is -1.71. The molecule has 0 aliphatic heterocycles. The van der Waals surface area contributed by atoms with Crippen LogP contribution in [0.5, 0.6) is 5.75 Å². The smallest absolute Gasteiger partial charge is 0.220 e. The van der Waals surface area contributed by atoms with Gasteiger partial charge in [-0.25, -0.2) is 0 Å². The lowest BCUT2D eigenvalue weighted by atomic mass is 10.1. The van der Waals surface area contributed by atoms with Gasteiger partial charge in [-0.05, 0) is 18.6 Å². The van der Waals surface area contributed by atoms with Crippen molar-refractivity contribution >= 4 is 11.6 Å². The van der Waals surface area contributed by atoms with E-state index >= 15 is 0 Å². The van der Waals surface area contributed by atoms with Crippen molar-refractivity contribution in [2.24, 2.45) is 5.73 Å². The molecule has 118 valence electrons. The first-order valence-electron chi connectivity index (χ1n) is 7.98. The quantitative estimate of drug-likeness (QED) is 0.577. The molecule has 3 N–H and O–H groups in total. The van der Waals surface area contributed by atoms with Crippen LogP contribution >= 0.6 is 0 Å². The number of ether oxygens (including phenoxy) is 1. The van der Waals surface area contributed by atoms with Crippen LogP contribution in [0, 0.1) is 0 Å². The van der Waals surface area contributed by atoms with Gasteiger partial charge in [-0.2, -0.15) is 0 Å². The molecule has 0 aliphatic carbocycles. The highest BCUT2D eigenvalue weighted by Crippen LogP contribution is 2.23. The summed E-state index contributed by atoms with van der Waals surface area (Å²) in [5.41, 5.74) is 6.09. The number of rotatable bonds is 12. The fraction of sp³-hybridized carbons (Fsp3) is 0.588. The third kappa shape index (κ3) is 8.23. The average Bonchev–Trinajstić information content (AvgIpc) is 2.47. The third-order valence-corrected chi connectivity index (χ3v) is 3.34. The summed E-state index contributed by atoms with van der Waals surface area (Å²) < 4.78 is 5.59. The van der Waals surface area contributed by atoms with Crippen LogP contribution in [0.15, 0.2) is 24.3 Å². The van der Waals surface area contributed by atoms with Crippen LogP contribution in [0.25, 0.3) is 0 Å². The predicted molar refractivity (Wildman–Crippen MR) is 87.6 cm³/mol. The SMILES string of the molecule is CCCCCCCCNc1ccccc1OCCC(N)=O. The molecular weight excluding hydrogens is 264 g/mol. The van der Waals surface area contributed by atoms with Crippen molar-refractivity contribution in [1.29, 1.82) is 0 Å². The Morgan fingerprint density at radius 2 is 1.86 bits per heavy atom. The highest BCUT2D eigenvalue weighted by Gasteiger charge is 2.03. The molecule has 1 rings (SSSR count). The number of unbranched alkanes of at least 4 members (excludes halogenated alkanes) is 5. The highest BCUT2D eigenvalue weighted by atomic mass is 16.5. The van der Waals surface area contributed by atoms with E-state index in [1.165, 1.54) is 38.5 Å². The second kappa shape index (κ2) is 11.0. The molecule has 0 radical (unpaired) electrons. The number of carbonyl (C=O) groups excluding carboxylic acids is 1. The van der Waals surface area contributed by atoms with Crippen LogP contribution in [0.1, 0.15) is 51.9 Å². The van der Waals surface area contributed by atoms with Gasteiger partial charge in [0, 0.05) is 6.54 Å². The number of carbonyl (C=O) groups is 1. The van der Waals surface area contributed by atoms with Crippen LogP contribution in [-0.2, 0) is 4.79 Å². The van der Waals surface area contributed by atoms with Gasteiger partial charge in [0.05, 0.1) is 18.7 Å². The predicted octanol–water partition coefficient (Wildman–Crippen LogP) is 3.71. The molecule has 21 heavy (non-hydrogen) atoms. The van der Waals surface area contributed by atoms with E-state index in [2.05, 4.69) is 12.2 Å².